The van der Waals surface area contributed by atoms with Crippen molar-refractivity contribution in [2.75, 3.05) is 14.2 Å². The van der Waals surface area contributed by atoms with E-state index < -0.39 is 0 Å². The molecule has 0 amide bonds. The number of hydrogen-bond acceptors (Lipinski definition) is 5. The van der Waals surface area contributed by atoms with E-state index in [4.69, 9.17) is 37.7 Å². The molecule has 0 radical (unpaired) electrons. The number of rotatable bonds is 5. The summed E-state index contributed by atoms with van der Waals surface area (Å²) in [5, 5.41) is 1.47. The number of nitrogens with zero attached hydrogens (tertiary/aromatic N) is 1. The molecule has 0 aliphatic rings. The molecule has 5 nitrogen and oxygen atoms in total. The molecule has 0 saturated heterocycles. The predicted octanol–water partition coefficient (Wildman–Crippen LogP) is 6.21. The summed E-state index contributed by atoms with van der Waals surface area (Å²) in [4.78, 5) is 22.5. The second-order valence-electron chi connectivity index (χ2n) is 6.55. The fraction of sp³-hybridized carbons (Fsp3) is 0.182. The van der Waals surface area contributed by atoms with Crippen molar-refractivity contribution in [3.8, 4) is 34.0 Å². The number of fused-ring (bicyclic) bond motifs is 1. The predicted molar refractivity (Wildman–Crippen MR) is 124 cm³/mol. The van der Waals surface area contributed by atoms with E-state index in [1.165, 1.54) is 11.3 Å². The van der Waals surface area contributed by atoms with E-state index in [0.717, 1.165) is 28.0 Å². The molecule has 0 saturated carbocycles. The first-order valence-electron chi connectivity index (χ1n) is 9.20. The summed E-state index contributed by atoms with van der Waals surface area (Å²) in [5.74, 6) is 1.64. The molecular weight excluding hydrogens is 443 g/mol. The third-order valence-electron chi connectivity index (χ3n) is 4.82. The number of aromatic nitrogens is 2. The van der Waals surface area contributed by atoms with E-state index in [2.05, 4.69) is 11.9 Å². The van der Waals surface area contributed by atoms with Crippen molar-refractivity contribution in [3.63, 3.8) is 0 Å². The van der Waals surface area contributed by atoms with Gasteiger partial charge in [-0.05, 0) is 42.3 Å². The number of thiophene rings is 1. The number of methoxy groups -OCH3 is 2. The first-order valence-corrected chi connectivity index (χ1v) is 10.8. The van der Waals surface area contributed by atoms with Crippen molar-refractivity contribution in [1.82, 2.24) is 9.97 Å². The minimum atomic E-state index is -0.207. The van der Waals surface area contributed by atoms with Gasteiger partial charge in [-0.2, -0.15) is 0 Å². The van der Waals surface area contributed by atoms with Gasteiger partial charge in [-0.15, -0.1) is 11.3 Å². The first kappa shape index (κ1) is 20.7. The lowest BCUT2D eigenvalue weighted by Gasteiger charge is -2.09. The molecule has 4 aromatic rings. The molecule has 8 heteroatoms. The van der Waals surface area contributed by atoms with Crippen molar-refractivity contribution in [2.45, 2.75) is 13.3 Å². The zero-order valence-electron chi connectivity index (χ0n) is 16.5. The van der Waals surface area contributed by atoms with Gasteiger partial charge in [0.2, 0.25) is 0 Å². The van der Waals surface area contributed by atoms with Crippen molar-refractivity contribution in [2.24, 2.45) is 0 Å². The molecule has 1 N–H and O–H groups in total. The highest BCUT2D eigenvalue weighted by molar-refractivity contribution is 7.19. The lowest BCUT2D eigenvalue weighted by molar-refractivity contribution is 0.355. The van der Waals surface area contributed by atoms with Crippen molar-refractivity contribution in [1.29, 1.82) is 0 Å². The smallest absolute Gasteiger partial charge is 0.260 e. The van der Waals surface area contributed by atoms with Gasteiger partial charge in [-0.3, -0.25) is 4.79 Å². The fourth-order valence-corrected chi connectivity index (χ4v) is 4.81. The van der Waals surface area contributed by atoms with Gasteiger partial charge < -0.3 is 14.5 Å². The third kappa shape index (κ3) is 3.55. The Morgan fingerprint density at radius 1 is 1.00 bits per heavy atom. The van der Waals surface area contributed by atoms with Crippen LogP contribution in [0.5, 0.6) is 11.5 Å². The highest BCUT2D eigenvalue weighted by atomic mass is 35.5. The summed E-state index contributed by atoms with van der Waals surface area (Å²) in [6.07, 6.45) is 0.766. The molecule has 0 atom stereocenters. The monoisotopic (exact) mass is 460 g/mol. The molecule has 2 aromatic carbocycles. The number of ether oxygens (including phenoxy) is 2. The summed E-state index contributed by atoms with van der Waals surface area (Å²) >= 11 is 13.8. The van der Waals surface area contributed by atoms with Crippen LogP contribution in [0.25, 0.3) is 32.7 Å². The van der Waals surface area contributed by atoms with Gasteiger partial charge in [0, 0.05) is 16.0 Å². The van der Waals surface area contributed by atoms with Crippen molar-refractivity contribution >= 4 is 44.8 Å². The second kappa shape index (κ2) is 8.30. The second-order valence-corrected chi connectivity index (χ2v) is 8.45. The largest absolute Gasteiger partial charge is 0.493 e. The molecule has 2 aromatic heterocycles. The van der Waals surface area contributed by atoms with Gasteiger partial charge in [0.25, 0.3) is 5.56 Å². The minimum absolute atomic E-state index is 0.207. The quantitative estimate of drug-likeness (QED) is 0.384. The van der Waals surface area contributed by atoms with Crippen LogP contribution in [0.1, 0.15) is 11.8 Å². The fourth-order valence-electron chi connectivity index (χ4n) is 3.38. The topological polar surface area (TPSA) is 64.2 Å². The molecule has 154 valence electrons. The Labute approximate surface area is 187 Å². The Kier molecular flexibility index (Phi) is 5.73. The molecule has 30 heavy (non-hydrogen) atoms. The zero-order valence-corrected chi connectivity index (χ0v) is 18.8. The lowest BCUT2D eigenvalue weighted by atomic mass is 10.0. The van der Waals surface area contributed by atoms with Gasteiger partial charge in [-0.1, -0.05) is 36.2 Å². The molecule has 0 bridgehead atoms. The summed E-state index contributed by atoms with van der Waals surface area (Å²) in [6.45, 7) is 2.05. The standard InChI is InChI=1S/C22H18Cl2N2O3S/c1-4-17-18(11-5-7-13(23)14(24)9-11)19-21(27)25-20(26-22(19)30-17)12-6-8-15(28-2)16(10-12)29-3/h5-10H,4H2,1-3H3,(H,25,26,27). The SMILES string of the molecule is CCc1sc2nc(-c3ccc(OC)c(OC)c3)[nH]c(=O)c2c1-c1ccc(Cl)c(Cl)c1. The van der Waals surface area contributed by atoms with Crippen molar-refractivity contribution < 1.29 is 9.47 Å². The van der Waals surface area contributed by atoms with Crippen molar-refractivity contribution in [3.05, 3.63) is 61.7 Å². The van der Waals surface area contributed by atoms with E-state index >= 15 is 0 Å². The Bertz CT molecular complexity index is 1310. The number of aromatic amines is 1. The lowest BCUT2D eigenvalue weighted by Crippen LogP contribution is -2.09. The maximum absolute atomic E-state index is 13.1. The van der Waals surface area contributed by atoms with Crippen LogP contribution in [0.2, 0.25) is 10.0 Å². The van der Waals surface area contributed by atoms with Crippen LogP contribution in [-0.2, 0) is 6.42 Å². The van der Waals surface area contributed by atoms with Gasteiger partial charge in [0.05, 0.1) is 29.7 Å². The Morgan fingerprint density at radius 3 is 2.40 bits per heavy atom. The number of hydrogen-bond donors (Lipinski definition) is 1. The van der Waals surface area contributed by atoms with Crippen LogP contribution >= 0.6 is 34.5 Å². The first-order chi connectivity index (χ1) is 14.5. The highest BCUT2D eigenvalue weighted by Crippen LogP contribution is 2.39. The number of nitrogens with one attached hydrogen (secondary N) is 1. The molecule has 0 spiro atoms. The number of benzene rings is 2. The van der Waals surface area contributed by atoms with E-state index in [9.17, 15) is 4.79 Å². The normalized spacial score (nSPS) is 11.1. The molecule has 4 rings (SSSR count). The summed E-state index contributed by atoms with van der Waals surface area (Å²) in [7, 11) is 3.14. The van der Waals surface area contributed by atoms with Crippen LogP contribution in [-0.4, -0.2) is 24.2 Å². The van der Waals surface area contributed by atoms with E-state index in [1.807, 2.05) is 12.1 Å². The van der Waals surface area contributed by atoms with Gasteiger partial charge in [0.15, 0.2) is 11.5 Å². The zero-order chi connectivity index (χ0) is 21.4. The molecule has 0 aliphatic carbocycles. The van der Waals surface area contributed by atoms with E-state index in [1.54, 1.807) is 38.5 Å². The van der Waals surface area contributed by atoms with Gasteiger partial charge in [-0.25, -0.2) is 4.98 Å². The Morgan fingerprint density at radius 2 is 1.73 bits per heavy atom. The summed E-state index contributed by atoms with van der Waals surface area (Å²) in [5.41, 5.74) is 2.22. The number of halogens is 2. The molecule has 0 fully saturated rings. The van der Waals surface area contributed by atoms with Crippen LogP contribution in [0.15, 0.2) is 41.2 Å². The minimum Gasteiger partial charge on any atom is -0.493 e. The van der Waals surface area contributed by atoms with Crippen LogP contribution in [0.4, 0.5) is 0 Å². The van der Waals surface area contributed by atoms with Crippen LogP contribution in [0.3, 0.4) is 0 Å². The average Bonchev–Trinajstić information content (AvgIpc) is 3.14. The average molecular weight is 461 g/mol. The molecule has 0 unspecified atom stereocenters. The van der Waals surface area contributed by atoms with Gasteiger partial charge >= 0.3 is 0 Å². The summed E-state index contributed by atoms with van der Waals surface area (Å²) in [6, 6.07) is 10.8. The number of aryl methyl sites for hydroxylation is 1. The van der Waals surface area contributed by atoms with Crippen LogP contribution < -0.4 is 15.0 Å². The Balaban J connectivity index is 1.92. The van der Waals surface area contributed by atoms with E-state index in [-0.39, 0.29) is 5.56 Å². The maximum Gasteiger partial charge on any atom is 0.260 e. The summed E-state index contributed by atoms with van der Waals surface area (Å²) < 4.78 is 10.7. The van der Waals surface area contributed by atoms with Crippen LogP contribution in [0, 0.1) is 0 Å². The van der Waals surface area contributed by atoms with Gasteiger partial charge in [0.1, 0.15) is 10.7 Å². The maximum atomic E-state index is 13.1. The molecule has 2 heterocycles. The highest BCUT2D eigenvalue weighted by Gasteiger charge is 2.19. The molecular formula is C22H18Cl2N2O3S. The number of H-pyrrole nitrogens is 1. The third-order valence-corrected chi connectivity index (χ3v) is 6.79. The van der Waals surface area contributed by atoms with E-state index in [0.29, 0.717) is 37.6 Å². The molecule has 0 aliphatic heterocycles. The Hall–Kier alpha value is -2.54.